The van der Waals surface area contributed by atoms with Gasteiger partial charge in [-0.1, -0.05) is 98.4 Å². The summed E-state index contributed by atoms with van der Waals surface area (Å²) in [5.41, 5.74) is 1.96. The molecular formula is C24H39NO. The summed E-state index contributed by atoms with van der Waals surface area (Å²) in [5.74, 6) is 0.170. The predicted octanol–water partition coefficient (Wildman–Crippen LogP) is 7.85. The van der Waals surface area contributed by atoms with Gasteiger partial charge in [0.15, 0.2) is 0 Å². The summed E-state index contributed by atoms with van der Waals surface area (Å²) in [6.07, 6.45) is 6.01. The molecule has 0 unspecified atom stereocenters. The Balaban J connectivity index is 0.000000793. The number of amides is 1. The normalized spacial score (nSPS) is 11.0. The largest absolute Gasteiger partial charge is 0.308 e. The summed E-state index contributed by atoms with van der Waals surface area (Å²) in [4.78, 5) is 14.4. The molecule has 0 radical (unpaired) electrons. The molecule has 2 aromatic carbocycles. The molecule has 26 heavy (non-hydrogen) atoms. The van der Waals surface area contributed by atoms with Gasteiger partial charge in [-0.15, -0.1) is 0 Å². The van der Waals surface area contributed by atoms with E-state index in [1.54, 1.807) is 0 Å². The van der Waals surface area contributed by atoms with Crippen molar-refractivity contribution >= 4 is 22.4 Å². The first-order valence-electron chi connectivity index (χ1n) is 10.6. The van der Waals surface area contributed by atoms with E-state index in [1.165, 1.54) is 31.1 Å². The van der Waals surface area contributed by atoms with E-state index >= 15 is 0 Å². The third kappa shape index (κ3) is 6.16. The van der Waals surface area contributed by atoms with Crippen LogP contribution in [0.5, 0.6) is 0 Å². The standard InChI is InChI=1S/C17H19NO.C3H8.2C2H6/c1-2-3-4-5-12-18-15-11-7-9-13-8-6-10-14(16(13)15)17(18)19;1-3-2;2*1-2/h6-11H,2-5,12H2,1H3;3H2,1-2H3;2*1-2H3. The predicted molar refractivity (Wildman–Crippen MR) is 118 cm³/mol. The van der Waals surface area contributed by atoms with Gasteiger partial charge in [0.1, 0.15) is 0 Å². The van der Waals surface area contributed by atoms with Gasteiger partial charge >= 0.3 is 0 Å². The summed E-state index contributed by atoms with van der Waals surface area (Å²) >= 11 is 0. The summed E-state index contributed by atoms with van der Waals surface area (Å²) in [7, 11) is 0. The number of hydrogen-bond acceptors (Lipinski definition) is 1. The molecule has 0 aromatic heterocycles. The number of rotatable bonds is 5. The Kier molecular flexibility index (Phi) is 13.3. The maximum atomic E-state index is 12.5. The van der Waals surface area contributed by atoms with Crippen LogP contribution in [-0.2, 0) is 0 Å². The van der Waals surface area contributed by atoms with E-state index in [-0.39, 0.29) is 5.91 Å². The van der Waals surface area contributed by atoms with Gasteiger partial charge in [0.05, 0.1) is 5.69 Å². The topological polar surface area (TPSA) is 20.3 Å². The van der Waals surface area contributed by atoms with Crippen molar-refractivity contribution in [1.29, 1.82) is 0 Å². The molecule has 1 aliphatic heterocycles. The maximum absolute atomic E-state index is 12.5. The molecule has 0 fully saturated rings. The molecule has 1 amide bonds. The Labute approximate surface area is 161 Å². The van der Waals surface area contributed by atoms with Crippen molar-refractivity contribution in [2.45, 2.75) is 80.6 Å². The SMILES string of the molecule is CC.CC.CCC.CCCCCCN1C(=O)c2cccc3cccc1c23. The Hall–Kier alpha value is -1.83. The quantitative estimate of drug-likeness (QED) is 0.499. The average Bonchev–Trinajstić information content (AvgIpc) is 2.97. The molecule has 0 aliphatic carbocycles. The first-order valence-corrected chi connectivity index (χ1v) is 10.6. The second-order valence-corrected chi connectivity index (χ2v) is 5.91. The van der Waals surface area contributed by atoms with E-state index in [2.05, 4.69) is 39.0 Å². The van der Waals surface area contributed by atoms with Gasteiger partial charge in [-0.05, 0) is 23.9 Å². The highest BCUT2D eigenvalue weighted by molar-refractivity contribution is 6.24. The highest BCUT2D eigenvalue weighted by Gasteiger charge is 2.28. The molecule has 2 heteroatoms. The van der Waals surface area contributed by atoms with Gasteiger partial charge in [0.2, 0.25) is 0 Å². The number of benzene rings is 2. The molecule has 1 heterocycles. The fourth-order valence-electron chi connectivity index (χ4n) is 2.90. The number of hydrogen-bond donors (Lipinski definition) is 0. The van der Waals surface area contributed by atoms with Crippen molar-refractivity contribution in [3.63, 3.8) is 0 Å². The van der Waals surface area contributed by atoms with Gasteiger partial charge in [-0.25, -0.2) is 0 Å². The fourth-order valence-corrected chi connectivity index (χ4v) is 2.90. The molecule has 0 atom stereocenters. The molecule has 0 bridgehead atoms. The van der Waals surface area contributed by atoms with Crippen molar-refractivity contribution in [3.05, 3.63) is 42.0 Å². The van der Waals surface area contributed by atoms with Crippen LogP contribution in [0, 0.1) is 0 Å². The van der Waals surface area contributed by atoms with Gasteiger partial charge in [0, 0.05) is 17.5 Å². The Morgan fingerprint density at radius 1 is 0.808 bits per heavy atom. The molecule has 0 saturated heterocycles. The molecular weight excluding hydrogens is 318 g/mol. The molecule has 0 N–H and O–H groups in total. The lowest BCUT2D eigenvalue weighted by molar-refractivity contribution is 0.0992. The lowest BCUT2D eigenvalue weighted by Crippen LogP contribution is -2.27. The zero-order valence-electron chi connectivity index (χ0n) is 18.1. The van der Waals surface area contributed by atoms with Crippen LogP contribution in [0.25, 0.3) is 10.8 Å². The minimum Gasteiger partial charge on any atom is -0.308 e. The second kappa shape index (κ2) is 14.4. The van der Waals surface area contributed by atoms with Gasteiger partial charge in [-0.3, -0.25) is 4.79 Å². The zero-order valence-corrected chi connectivity index (χ0v) is 18.1. The average molecular weight is 358 g/mol. The van der Waals surface area contributed by atoms with Crippen molar-refractivity contribution in [3.8, 4) is 0 Å². The fraction of sp³-hybridized carbons (Fsp3) is 0.542. The minimum absolute atomic E-state index is 0.170. The number of nitrogens with zero attached hydrogens (tertiary/aromatic N) is 1. The summed E-state index contributed by atoms with van der Waals surface area (Å²) in [5, 5.41) is 2.30. The van der Waals surface area contributed by atoms with Crippen molar-refractivity contribution in [2.75, 3.05) is 11.4 Å². The van der Waals surface area contributed by atoms with E-state index in [0.717, 1.165) is 29.6 Å². The molecule has 0 saturated carbocycles. The van der Waals surface area contributed by atoms with E-state index in [4.69, 9.17) is 0 Å². The van der Waals surface area contributed by atoms with Gasteiger partial charge < -0.3 is 4.90 Å². The number of carbonyl (C=O) groups excluding carboxylic acids is 1. The summed E-state index contributed by atoms with van der Waals surface area (Å²) < 4.78 is 0. The zero-order chi connectivity index (χ0) is 19.9. The van der Waals surface area contributed by atoms with Gasteiger partial charge in [-0.2, -0.15) is 0 Å². The molecule has 146 valence electrons. The molecule has 2 aromatic rings. The van der Waals surface area contributed by atoms with Crippen LogP contribution in [-0.4, -0.2) is 12.5 Å². The van der Waals surface area contributed by atoms with Crippen LogP contribution < -0.4 is 4.90 Å². The first kappa shape index (κ1) is 24.2. The van der Waals surface area contributed by atoms with E-state index in [1.807, 2.05) is 50.8 Å². The third-order valence-electron chi connectivity index (χ3n) is 3.88. The highest BCUT2D eigenvalue weighted by Crippen LogP contribution is 2.37. The van der Waals surface area contributed by atoms with Crippen LogP contribution in [0.2, 0.25) is 0 Å². The summed E-state index contributed by atoms with van der Waals surface area (Å²) in [6.45, 7) is 15.3. The van der Waals surface area contributed by atoms with Crippen molar-refractivity contribution in [1.82, 2.24) is 0 Å². The molecule has 0 spiro atoms. The van der Waals surface area contributed by atoms with Crippen LogP contribution in [0.3, 0.4) is 0 Å². The lowest BCUT2D eigenvalue weighted by Gasteiger charge is -2.17. The Morgan fingerprint density at radius 2 is 1.38 bits per heavy atom. The number of unbranched alkanes of at least 4 members (excludes halogenated alkanes) is 3. The number of anilines is 1. The molecule has 2 nitrogen and oxygen atoms in total. The Bertz CT molecular complexity index is 628. The first-order chi connectivity index (χ1) is 12.7. The highest BCUT2D eigenvalue weighted by atomic mass is 16.2. The smallest absolute Gasteiger partial charge is 0.258 e. The van der Waals surface area contributed by atoms with Crippen molar-refractivity contribution in [2.24, 2.45) is 0 Å². The monoisotopic (exact) mass is 357 g/mol. The summed E-state index contributed by atoms with van der Waals surface area (Å²) in [6, 6.07) is 12.2. The number of carbonyl (C=O) groups is 1. The second-order valence-electron chi connectivity index (χ2n) is 5.91. The van der Waals surface area contributed by atoms with Crippen LogP contribution in [0.15, 0.2) is 36.4 Å². The molecule has 1 aliphatic rings. The van der Waals surface area contributed by atoms with Crippen molar-refractivity contribution < 1.29 is 4.79 Å². The maximum Gasteiger partial charge on any atom is 0.258 e. The van der Waals surface area contributed by atoms with Gasteiger partial charge in [0.25, 0.3) is 5.91 Å². The lowest BCUT2D eigenvalue weighted by atomic mass is 10.1. The molecule has 3 rings (SSSR count). The van der Waals surface area contributed by atoms with E-state index in [9.17, 15) is 4.79 Å². The van der Waals surface area contributed by atoms with E-state index < -0.39 is 0 Å². The Morgan fingerprint density at radius 3 is 1.96 bits per heavy atom. The van der Waals surface area contributed by atoms with Crippen LogP contribution in [0.4, 0.5) is 5.69 Å². The third-order valence-corrected chi connectivity index (χ3v) is 3.88. The van der Waals surface area contributed by atoms with Crippen LogP contribution >= 0.6 is 0 Å². The minimum atomic E-state index is 0.170. The van der Waals surface area contributed by atoms with Crippen LogP contribution in [0.1, 0.15) is 90.9 Å². The van der Waals surface area contributed by atoms with E-state index in [0.29, 0.717) is 0 Å².